The SMILES string of the molecule is NNC(CCCc1ccccc1)Cc1cc(Br)cs1. The van der Waals surface area contributed by atoms with Gasteiger partial charge >= 0.3 is 0 Å². The molecule has 19 heavy (non-hydrogen) atoms. The van der Waals surface area contributed by atoms with Gasteiger partial charge < -0.3 is 0 Å². The van der Waals surface area contributed by atoms with Crippen LogP contribution in [0, 0.1) is 0 Å². The number of nitrogens with one attached hydrogen (secondary N) is 1. The van der Waals surface area contributed by atoms with E-state index < -0.39 is 0 Å². The lowest BCUT2D eigenvalue weighted by atomic mass is 10.0. The second-order valence-electron chi connectivity index (χ2n) is 4.68. The summed E-state index contributed by atoms with van der Waals surface area (Å²) in [5.41, 5.74) is 4.34. The van der Waals surface area contributed by atoms with Gasteiger partial charge in [-0.15, -0.1) is 11.3 Å². The van der Waals surface area contributed by atoms with Gasteiger partial charge in [0.05, 0.1) is 0 Å². The maximum absolute atomic E-state index is 5.65. The molecular formula is C15H19BrN2S. The summed E-state index contributed by atoms with van der Waals surface area (Å²) in [5.74, 6) is 5.65. The van der Waals surface area contributed by atoms with E-state index in [1.807, 2.05) is 0 Å². The highest BCUT2D eigenvalue weighted by Gasteiger charge is 2.09. The molecule has 0 radical (unpaired) electrons. The van der Waals surface area contributed by atoms with Gasteiger partial charge in [-0.3, -0.25) is 11.3 Å². The number of nitrogens with two attached hydrogens (primary N) is 1. The molecular weight excluding hydrogens is 320 g/mol. The van der Waals surface area contributed by atoms with Gasteiger partial charge in [0.15, 0.2) is 0 Å². The van der Waals surface area contributed by atoms with Crippen molar-refractivity contribution >= 4 is 27.3 Å². The van der Waals surface area contributed by atoms with Crippen LogP contribution < -0.4 is 11.3 Å². The zero-order valence-corrected chi connectivity index (χ0v) is 13.2. The van der Waals surface area contributed by atoms with Crippen LogP contribution in [0.15, 0.2) is 46.3 Å². The molecule has 0 fully saturated rings. The average Bonchev–Trinajstić information content (AvgIpc) is 2.84. The van der Waals surface area contributed by atoms with Crippen molar-refractivity contribution in [2.24, 2.45) is 5.84 Å². The first-order valence-corrected chi connectivity index (χ1v) is 8.18. The van der Waals surface area contributed by atoms with Crippen molar-refractivity contribution in [3.63, 3.8) is 0 Å². The fourth-order valence-electron chi connectivity index (χ4n) is 2.15. The number of aryl methyl sites for hydroxylation is 1. The highest BCUT2D eigenvalue weighted by atomic mass is 79.9. The molecule has 0 spiro atoms. The number of hydrogen-bond acceptors (Lipinski definition) is 3. The molecule has 4 heteroatoms. The van der Waals surface area contributed by atoms with Gasteiger partial charge in [0.2, 0.25) is 0 Å². The van der Waals surface area contributed by atoms with E-state index in [0.717, 1.165) is 30.2 Å². The number of benzene rings is 1. The molecule has 0 bridgehead atoms. The third-order valence-corrected chi connectivity index (χ3v) is 4.89. The normalized spacial score (nSPS) is 12.5. The van der Waals surface area contributed by atoms with Crippen LogP contribution in [0.25, 0.3) is 0 Å². The van der Waals surface area contributed by atoms with Crippen molar-refractivity contribution in [1.29, 1.82) is 0 Å². The van der Waals surface area contributed by atoms with Crippen molar-refractivity contribution in [1.82, 2.24) is 5.43 Å². The molecule has 1 heterocycles. The Morgan fingerprint density at radius 1 is 1.26 bits per heavy atom. The summed E-state index contributed by atoms with van der Waals surface area (Å²) in [6.07, 6.45) is 4.38. The van der Waals surface area contributed by atoms with Crippen molar-refractivity contribution in [3.05, 3.63) is 56.7 Å². The molecule has 1 aromatic heterocycles. The highest BCUT2D eigenvalue weighted by Crippen LogP contribution is 2.21. The Morgan fingerprint density at radius 2 is 2.05 bits per heavy atom. The Kier molecular flexibility index (Phi) is 6.04. The van der Waals surface area contributed by atoms with Crippen LogP contribution in [0.1, 0.15) is 23.3 Å². The van der Waals surface area contributed by atoms with E-state index in [1.54, 1.807) is 11.3 Å². The first-order valence-electron chi connectivity index (χ1n) is 6.51. The smallest absolute Gasteiger partial charge is 0.0285 e. The summed E-state index contributed by atoms with van der Waals surface area (Å²) >= 11 is 5.27. The van der Waals surface area contributed by atoms with Crippen LogP contribution in [0.2, 0.25) is 0 Å². The molecule has 1 aromatic carbocycles. The van der Waals surface area contributed by atoms with Gasteiger partial charge in [0, 0.05) is 20.8 Å². The zero-order chi connectivity index (χ0) is 13.5. The molecule has 0 aliphatic heterocycles. The van der Waals surface area contributed by atoms with Crippen LogP contribution in [-0.2, 0) is 12.8 Å². The molecule has 2 nitrogen and oxygen atoms in total. The quantitative estimate of drug-likeness (QED) is 0.593. The maximum atomic E-state index is 5.65. The lowest BCUT2D eigenvalue weighted by Gasteiger charge is -2.14. The summed E-state index contributed by atoms with van der Waals surface area (Å²) in [7, 11) is 0. The molecule has 0 saturated heterocycles. The van der Waals surface area contributed by atoms with Gasteiger partial charge in [0.1, 0.15) is 0 Å². The fourth-order valence-corrected chi connectivity index (χ4v) is 3.68. The second kappa shape index (κ2) is 7.80. The van der Waals surface area contributed by atoms with E-state index >= 15 is 0 Å². The van der Waals surface area contributed by atoms with Crippen molar-refractivity contribution in [2.45, 2.75) is 31.7 Å². The van der Waals surface area contributed by atoms with Crippen LogP contribution >= 0.6 is 27.3 Å². The van der Waals surface area contributed by atoms with Crippen LogP contribution in [0.5, 0.6) is 0 Å². The van der Waals surface area contributed by atoms with E-state index in [4.69, 9.17) is 5.84 Å². The molecule has 0 aliphatic rings. The largest absolute Gasteiger partial charge is 0.271 e. The molecule has 2 aromatic rings. The van der Waals surface area contributed by atoms with Crippen molar-refractivity contribution in [3.8, 4) is 0 Å². The molecule has 0 amide bonds. The number of halogens is 1. The van der Waals surface area contributed by atoms with Crippen molar-refractivity contribution < 1.29 is 0 Å². The fraction of sp³-hybridized carbons (Fsp3) is 0.333. The first kappa shape index (κ1) is 14.7. The molecule has 3 N–H and O–H groups in total. The maximum Gasteiger partial charge on any atom is 0.0285 e. The molecule has 1 atom stereocenters. The van der Waals surface area contributed by atoms with Gasteiger partial charge in [-0.2, -0.15) is 0 Å². The Balaban J connectivity index is 1.76. The molecule has 2 rings (SSSR count). The van der Waals surface area contributed by atoms with Crippen LogP contribution in [0.4, 0.5) is 0 Å². The monoisotopic (exact) mass is 338 g/mol. The predicted molar refractivity (Wildman–Crippen MR) is 86.2 cm³/mol. The summed E-state index contributed by atoms with van der Waals surface area (Å²) in [4.78, 5) is 1.37. The van der Waals surface area contributed by atoms with Crippen LogP contribution in [-0.4, -0.2) is 6.04 Å². The third-order valence-electron chi connectivity index (χ3n) is 3.17. The lowest BCUT2D eigenvalue weighted by molar-refractivity contribution is 0.479. The van der Waals surface area contributed by atoms with Gasteiger partial charge in [-0.25, -0.2) is 0 Å². The highest BCUT2D eigenvalue weighted by molar-refractivity contribution is 9.10. The van der Waals surface area contributed by atoms with Crippen molar-refractivity contribution in [2.75, 3.05) is 0 Å². The topological polar surface area (TPSA) is 38.0 Å². The predicted octanol–water partition coefficient (Wildman–Crippen LogP) is 3.91. The van der Waals surface area contributed by atoms with E-state index in [2.05, 4.69) is 63.1 Å². The number of hydrazine groups is 1. The second-order valence-corrected chi connectivity index (χ2v) is 6.59. The average molecular weight is 339 g/mol. The molecule has 0 aliphatic carbocycles. The summed E-state index contributed by atoms with van der Waals surface area (Å²) in [5, 5.41) is 2.12. The van der Waals surface area contributed by atoms with E-state index in [1.165, 1.54) is 10.4 Å². The molecule has 0 saturated carbocycles. The minimum atomic E-state index is 0.356. The van der Waals surface area contributed by atoms with E-state index in [9.17, 15) is 0 Å². The third kappa shape index (κ3) is 5.07. The Bertz CT molecular complexity index is 484. The van der Waals surface area contributed by atoms with E-state index in [-0.39, 0.29) is 0 Å². The van der Waals surface area contributed by atoms with Gasteiger partial charge in [-0.05, 0) is 53.2 Å². The minimum absolute atomic E-state index is 0.356. The Hall–Kier alpha value is -0.680. The number of hydrogen-bond donors (Lipinski definition) is 2. The summed E-state index contributed by atoms with van der Waals surface area (Å²) in [6, 6.07) is 13.1. The number of rotatable bonds is 7. The lowest BCUT2D eigenvalue weighted by Crippen LogP contribution is -2.36. The molecule has 102 valence electrons. The standard InChI is InChI=1S/C15H19BrN2S/c16-13-9-15(19-11-13)10-14(18-17)8-4-7-12-5-2-1-3-6-12/h1-3,5-6,9,11,14,18H,4,7-8,10,17H2. The Labute approximate surface area is 127 Å². The van der Waals surface area contributed by atoms with Gasteiger partial charge in [-0.1, -0.05) is 30.3 Å². The summed E-state index contributed by atoms with van der Waals surface area (Å²) < 4.78 is 1.16. The van der Waals surface area contributed by atoms with Gasteiger partial charge in [0.25, 0.3) is 0 Å². The first-order chi connectivity index (χ1) is 9.28. The summed E-state index contributed by atoms with van der Waals surface area (Å²) in [6.45, 7) is 0. The number of thiophene rings is 1. The van der Waals surface area contributed by atoms with E-state index in [0.29, 0.717) is 6.04 Å². The minimum Gasteiger partial charge on any atom is -0.271 e. The Morgan fingerprint density at radius 3 is 2.68 bits per heavy atom. The molecule has 1 unspecified atom stereocenters. The van der Waals surface area contributed by atoms with Crippen LogP contribution in [0.3, 0.4) is 0 Å². The zero-order valence-electron chi connectivity index (χ0n) is 10.8.